The Kier molecular flexibility index (Phi) is 3.08. The fraction of sp³-hybridized carbons (Fsp3) is 0.375. The van der Waals surface area contributed by atoms with Gasteiger partial charge in [-0.25, -0.2) is 4.79 Å². The Morgan fingerprint density at radius 2 is 2.20 bits per heavy atom. The number of ether oxygens (including phenoxy) is 1. The molecule has 0 spiro atoms. The van der Waals surface area contributed by atoms with Gasteiger partial charge in [0, 0.05) is 18.2 Å². The Morgan fingerprint density at radius 3 is 2.95 bits per heavy atom. The van der Waals surface area contributed by atoms with Gasteiger partial charge in [0.2, 0.25) is 0 Å². The van der Waals surface area contributed by atoms with E-state index in [4.69, 9.17) is 4.74 Å². The third-order valence-corrected chi connectivity index (χ3v) is 3.77. The molecule has 1 aliphatic carbocycles. The van der Waals surface area contributed by atoms with Gasteiger partial charge in [-0.3, -0.25) is 4.68 Å². The Labute approximate surface area is 118 Å². The molecule has 0 unspecified atom stereocenters. The van der Waals surface area contributed by atoms with Gasteiger partial charge in [-0.05, 0) is 32.3 Å². The predicted octanol–water partition coefficient (Wildman–Crippen LogP) is 2.67. The first kappa shape index (κ1) is 12.9. The van der Waals surface area contributed by atoms with Crippen LogP contribution in [0.15, 0.2) is 18.2 Å². The highest BCUT2D eigenvalue weighted by Crippen LogP contribution is 2.34. The maximum atomic E-state index is 12.1. The van der Waals surface area contributed by atoms with Crippen LogP contribution < -0.4 is 0 Å². The molecule has 0 atom stereocenters. The van der Waals surface area contributed by atoms with Crippen molar-refractivity contribution in [1.82, 2.24) is 9.78 Å². The SMILES string of the molecule is CCOC(=O)c1c2c(nn1C)-c1ccc(C)cc1CC2. The number of benzene rings is 1. The summed E-state index contributed by atoms with van der Waals surface area (Å²) in [4.78, 5) is 12.1. The number of esters is 1. The van der Waals surface area contributed by atoms with Gasteiger partial charge >= 0.3 is 5.97 Å². The molecular formula is C16H18N2O2. The number of aromatic nitrogens is 2. The Balaban J connectivity index is 2.14. The lowest BCUT2D eigenvalue weighted by Gasteiger charge is -2.16. The van der Waals surface area contributed by atoms with Crippen LogP contribution >= 0.6 is 0 Å². The van der Waals surface area contributed by atoms with E-state index in [9.17, 15) is 4.79 Å². The molecule has 0 fully saturated rings. The number of nitrogens with zero attached hydrogens (tertiary/aromatic N) is 2. The summed E-state index contributed by atoms with van der Waals surface area (Å²) >= 11 is 0. The average Bonchev–Trinajstić information content (AvgIpc) is 2.75. The van der Waals surface area contributed by atoms with E-state index in [0.717, 1.165) is 29.7 Å². The standard InChI is InChI=1S/C16H18N2O2/c1-4-20-16(19)15-13-8-6-11-9-10(2)5-7-12(11)14(13)17-18(15)3/h5,7,9H,4,6,8H2,1-3H3. The van der Waals surface area contributed by atoms with Crippen molar-refractivity contribution in [3.63, 3.8) is 0 Å². The predicted molar refractivity (Wildman–Crippen MR) is 76.7 cm³/mol. The van der Waals surface area contributed by atoms with Crippen molar-refractivity contribution >= 4 is 5.97 Å². The second-order valence-electron chi connectivity index (χ2n) is 5.18. The average molecular weight is 270 g/mol. The highest BCUT2D eigenvalue weighted by molar-refractivity contribution is 5.92. The molecule has 2 aromatic rings. The summed E-state index contributed by atoms with van der Waals surface area (Å²) in [5.74, 6) is -0.278. The molecule has 0 saturated carbocycles. The Bertz CT molecular complexity index is 686. The van der Waals surface area contributed by atoms with Crippen LogP contribution in [0.2, 0.25) is 0 Å². The smallest absolute Gasteiger partial charge is 0.356 e. The Morgan fingerprint density at radius 1 is 1.40 bits per heavy atom. The molecule has 0 saturated heterocycles. The van der Waals surface area contributed by atoms with Gasteiger partial charge in [-0.1, -0.05) is 23.8 Å². The quantitative estimate of drug-likeness (QED) is 0.788. The molecule has 4 heteroatoms. The molecule has 104 valence electrons. The minimum absolute atomic E-state index is 0.278. The van der Waals surface area contributed by atoms with Crippen LogP contribution in [0.3, 0.4) is 0 Å². The van der Waals surface area contributed by atoms with Gasteiger partial charge in [0.1, 0.15) is 5.69 Å². The molecule has 1 heterocycles. The molecule has 0 bridgehead atoms. The highest BCUT2D eigenvalue weighted by Gasteiger charge is 2.27. The first-order chi connectivity index (χ1) is 9.61. The molecule has 0 amide bonds. The lowest BCUT2D eigenvalue weighted by atomic mass is 9.88. The molecule has 0 radical (unpaired) electrons. The molecular weight excluding hydrogens is 252 g/mol. The summed E-state index contributed by atoms with van der Waals surface area (Å²) in [7, 11) is 1.80. The highest BCUT2D eigenvalue weighted by atomic mass is 16.5. The van der Waals surface area contributed by atoms with Gasteiger partial charge in [0.15, 0.2) is 0 Å². The molecule has 3 rings (SSSR count). The van der Waals surface area contributed by atoms with E-state index in [1.54, 1.807) is 11.7 Å². The van der Waals surface area contributed by atoms with E-state index in [0.29, 0.717) is 12.3 Å². The molecule has 1 aromatic heterocycles. The molecule has 0 aliphatic heterocycles. The molecule has 0 N–H and O–H groups in total. The molecule has 1 aromatic carbocycles. The van der Waals surface area contributed by atoms with Crippen LogP contribution in [-0.2, 0) is 24.6 Å². The molecule has 4 nitrogen and oxygen atoms in total. The van der Waals surface area contributed by atoms with Crippen molar-refractivity contribution in [3.05, 3.63) is 40.6 Å². The first-order valence-electron chi connectivity index (χ1n) is 6.94. The summed E-state index contributed by atoms with van der Waals surface area (Å²) in [5.41, 5.74) is 6.25. The summed E-state index contributed by atoms with van der Waals surface area (Å²) in [6.45, 7) is 4.30. The van der Waals surface area contributed by atoms with E-state index in [1.165, 1.54) is 11.1 Å². The van der Waals surface area contributed by atoms with Gasteiger partial charge in [0.25, 0.3) is 0 Å². The fourth-order valence-corrected chi connectivity index (χ4v) is 2.90. The first-order valence-corrected chi connectivity index (χ1v) is 6.94. The van der Waals surface area contributed by atoms with Crippen molar-refractivity contribution in [1.29, 1.82) is 0 Å². The third-order valence-electron chi connectivity index (χ3n) is 3.77. The van der Waals surface area contributed by atoms with Crippen LogP contribution in [0.4, 0.5) is 0 Å². The van der Waals surface area contributed by atoms with Gasteiger partial charge in [-0.2, -0.15) is 5.10 Å². The monoisotopic (exact) mass is 270 g/mol. The number of carbonyl (C=O) groups is 1. The van der Waals surface area contributed by atoms with Gasteiger partial charge < -0.3 is 4.74 Å². The van der Waals surface area contributed by atoms with E-state index in [2.05, 4.69) is 30.2 Å². The second-order valence-corrected chi connectivity index (χ2v) is 5.18. The number of fused-ring (bicyclic) bond motifs is 3. The number of hydrogen-bond acceptors (Lipinski definition) is 3. The lowest BCUT2D eigenvalue weighted by molar-refractivity contribution is 0.0512. The van der Waals surface area contributed by atoms with E-state index < -0.39 is 0 Å². The van der Waals surface area contributed by atoms with Crippen LogP contribution in [0.25, 0.3) is 11.3 Å². The van der Waals surface area contributed by atoms with Crippen molar-refractivity contribution in [2.24, 2.45) is 7.05 Å². The minimum Gasteiger partial charge on any atom is -0.461 e. The Hall–Kier alpha value is -2.10. The zero-order chi connectivity index (χ0) is 14.3. The molecule has 1 aliphatic rings. The van der Waals surface area contributed by atoms with Crippen LogP contribution in [0.1, 0.15) is 34.1 Å². The van der Waals surface area contributed by atoms with E-state index in [1.807, 2.05) is 6.92 Å². The zero-order valence-corrected chi connectivity index (χ0v) is 12.1. The summed E-state index contributed by atoms with van der Waals surface area (Å²) < 4.78 is 6.79. The topological polar surface area (TPSA) is 44.1 Å². The van der Waals surface area contributed by atoms with Crippen molar-refractivity contribution < 1.29 is 9.53 Å². The van der Waals surface area contributed by atoms with E-state index in [-0.39, 0.29) is 5.97 Å². The van der Waals surface area contributed by atoms with Crippen LogP contribution in [0.5, 0.6) is 0 Å². The largest absolute Gasteiger partial charge is 0.461 e. The summed E-state index contributed by atoms with van der Waals surface area (Å²) in [6.07, 6.45) is 1.79. The van der Waals surface area contributed by atoms with Gasteiger partial charge in [-0.15, -0.1) is 0 Å². The number of aryl methyl sites for hydroxylation is 3. The molecule has 20 heavy (non-hydrogen) atoms. The maximum Gasteiger partial charge on any atom is 0.356 e. The van der Waals surface area contributed by atoms with Crippen molar-refractivity contribution in [3.8, 4) is 11.3 Å². The summed E-state index contributed by atoms with van der Waals surface area (Å²) in [5, 5.41) is 4.54. The maximum absolute atomic E-state index is 12.1. The van der Waals surface area contributed by atoms with Crippen molar-refractivity contribution in [2.45, 2.75) is 26.7 Å². The summed E-state index contributed by atoms with van der Waals surface area (Å²) in [6, 6.07) is 6.40. The second kappa shape index (κ2) is 4.78. The number of hydrogen-bond donors (Lipinski definition) is 0. The number of rotatable bonds is 2. The van der Waals surface area contributed by atoms with Crippen LogP contribution in [-0.4, -0.2) is 22.4 Å². The van der Waals surface area contributed by atoms with Crippen molar-refractivity contribution in [2.75, 3.05) is 6.61 Å². The van der Waals surface area contributed by atoms with Crippen LogP contribution in [0, 0.1) is 6.92 Å². The third kappa shape index (κ3) is 1.92. The fourth-order valence-electron chi connectivity index (χ4n) is 2.90. The zero-order valence-electron chi connectivity index (χ0n) is 12.1. The number of carbonyl (C=O) groups excluding carboxylic acids is 1. The lowest BCUT2D eigenvalue weighted by Crippen LogP contribution is -2.13. The minimum atomic E-state index is -0.278. The normalized spacial score (nSPS) is 12.8. The van der Waals surface area contributed by atoms with Gasteiger partial charge in [0.05, 0.1) is 12.3 Å². The van der Waals surface area contributed by atoms with E-state index >= 15 is 0 Å².